The number of nitrogens with one attached hydrogen (secondary N) is 2. The highest BCUT2D eigenvalue weighted by Crippen LogP contribution is 2.21. The number of para-hydroxylation sites is 1. The van der Waals surface area contributed by atoms with Crippen LogP contribution in [0.2, 0.25) is 0 Å². The van der Waals surface area contributed by atoms with Crippen LogP contribution in [0.1, 0.15) is 6.92 Å². The van der Waals surface area contributed by atoms with Crippen LogP contribution in [0.15, 0.2) is 72.8 Å². The van der Waals surface area contributed by atoms with Gasteiger partial charge in [0.25, 0.3) is 11.8 Å². The van der Waals surface area contributed by atoms with Crippen molar-refractivity contribution in [3.8, 4) is 11.5 Å². The monoisotopic (exact) mass is 408 g/mol. The van der Waals surface area contributed by atoms with Crippen LogP contribution in [0.4, 0.5) is 0 Å². The molecule has 0 aromatic heterocycles. The van der Waals surface area contributed by atoms with Crippen LogP contribution in [-0.4, -0.2) is 37.7 Å². The van der Waals surface area contributed by atoms with Gasteiger partial charge in [0.2, 0.25) is 0 Å². The van der Waals surface area contributed by atoms with E-state index in [1.165, 1.54) is 0 Å². The van der Waals surface area contributed by atoms with Crippen LogP contribution in [-0.2, 0) is 14.3 Å². The van der Waals surface area contributed by atoms with E-state index in [2.05, 4.69) is 10.9 Å². The van der Waals surface area contributed by atoms with Crippen LogP contribution >= 0.6 is 0 Å². The zero-order valence-electron chi connectivity index (χ0n) is 16.7. The van der Waals surface area contributed by atoms with Gasteiger partial charge in [-0.05, 0) is 42.0 Å². The normalized spacial score (nSPS) is 11.5. The summed E-state index contributed by atoms with van der Waals surface area (Å²) in [5.74, 6) is 0.368. The van der Waals surface area contributed by atoms with Crippen molar-refractivity contribution < 1.29 is 23.8 Å². The number of benzene rings is 3. The average molecular weight is 408 g/mol. The summed E-state index contributed by atoms with van der Waals surface area (Å²) in [7, 11) is 0. The maximum atomic E-state index is 12.1. The van der Waals surface area contributed by atoms with Crippen molar-refractivity contribution in [3.63, 3.8) is 0 Å². The summed E-state index contributed by atoms with van der Waals surface area (Å²) in [6.45, 7) is 1.98. The van der Waals surface area contributed by atoms with Gasteiger partial charge < -0.3 is 14.2 Å². The molecule has 1 unspecified atom stereocenters. The largest absolute Gasteiger partial charge is 0.491 e. The van der Waals surface area contributed by atoms with Gasteiger partial charge in [0.15, 0.2) is 6.10 Å². The van der Waals surface area contributed by atoms with E-state index in [-0.39, 0.29) is 13.2 Å². The zero-order chi connectivity index (χ0) is 21.2. The summed E-state index contributed by atoms with van der Waals surface area (Å²) in [6, 6.07) is 22.8. The van der Waals surface area contributed by atoms with Gasteiger partial charge in [-0.15, -0.1) is 0 Å². The van der Waals surface area contributed by atoms with Gasteiger partial charge in [-0.1, -0.05) is 48.5 Å². The summed E-state index contributed by atoms with van der Waals surface area (Å²) in [5, 5.41) is 2.10. The Morgan fingerprint density at radius 3 is 2.37 bits per heavy atom. The van der Waals surface area contributed by atoms with E-state index in [9.17, 15) is 9.59 Å². The molecule has 0 aliphatic carbocycles. The SMILES string of the molecule is CC(Oc1ccc2ccccc2c1)C(=O)NNC(=O)COCCOc1ccccc1. The number of carbonyl (C=O) groups excluding carboxylic acids is 2. The summed E-state index contributed by atoms with van der Waals surface area (Å²) < 4.78 is 16.3. The molecule has 0 saturated heterocycles. The van der Waals surface area contributed by atoms with Gasteiger partial charge in [0, 0.05) is 0 Å². The first-order valence-electron chi connectivity index (χ1n) is 9.61. The fraction of sp³-hybridized carbons (Fsp3) is 0.217. The number of carbonyl (C=O) groups is 2. The maximum absolute atomic E-state index is 12.1. The summed E-state index contributed by atoms with van der Waals surface area (Å²) in [4.78, 5) is 23.9. The second kappa shape index (κ2) is 10.8. The minimum absolute atomic E-state index is 0.196. The zero-order valence-corrected chi connectivity index (χ0v) is 16.7. The Morgan fingerprint density at radius 2 is 1.57 bits per heavy atom. The van der Waals surface area contributed by atoms with Gasteiger partial charge in [-0.25, -0.2) is 0 Å². The Balaban J connectivity index is 1.33. The quantitative estimate of drug-likeness (QED) is 0.420. The van der Waals surface area contributed by atoms with E-state index in [1.807, 2.05) is 66.7 Å². The summed E-state index contributed by atoms with van der Waals surface area (Å²) in [6.07, 6.45) is -0.786. The van der Waals surface area contributed by atoms with E-state index in [0.717, 1.165) is 16.5 Å². The second-order valence-electron chi connectivity index (χ2n) is 6.52. The fourth-order valence-electron chi connectivity index (χ4n) is 2.67. The fourth-order valence-corrected chi connectivity index (χ4v) is 2.67. The van der Waals surface area contributed by atoms with Crippen LogP contribution in [0.3, 0.4) is 0 Å². The van der Waals surface area contributed by atoms with Crippen molar-refractivity contribution in [1.82, 2.24) is 10.9 Å². The van der Waals surface area contributed by atoms with Crippen molar-refractivity contribution >= 4 is 22.6 Å². The highest BCUT2D eigenvalue weighted by molar-refractivity contribution is 5.86. The first-order chi connectivity index (χ1) is 14.6. The lowest BCUT2D eigenvalue weighted by Gasteiger charge is -2.15. The molecule has 1 atom stereocenters. The third-order valence-electron chi connectivity index (χ3n) is 4.20. The first-order valence-corrected chi connectivity index (χ1v) is 9.61. The van der Waals surface area contributed by atoms with Crippen LogP contribution in [0, 0.1) is 0 Å². The summed E-state index contributed by atoms with van der Waals surface area (Å²) >= 11 is 0. The Kier molecular flexibility index (Phi) is 7.63. The number of ether oxygens (including phenoxy) is 3. The van der Waals surface area contributed by atoms with Gasteiger partial charge in [0.1, 0.15) is 24.7 Å². The standard InChI is InChI=1S/C23H24N2O5/c1-17(30-21-12-11-18-7-5-6-8-19(18)15-21)23(27)25-24-22(26)16-28-13-14-29-20-9-3-2-4-10-20/h2-12,15,17H,13-14,16H2,1H3,(H,24,26)(H,25,27). The molecule has 0 bridgehead atoms. The molecule has 7 heteroatoms. The third-order valence-corrected chi connectivity index (χ3v) is 4.20. The number of fused-ring (bicyclic) bond motifs is 1. The molecule has 0 aliphatic rings. The van der Waals surface area contributed by atoms with Crippen LogP contribution in [0.25, 0.3) is 10.8 Å². The summed E-state index contributed by atoms with van der Waals surface area (Å²) in [5.41, 5.74) is 4.63. The lowest BCUT2D eigenvalue weighted by atomic mass is 10.1. The van der Waals surface area contributed by atoms with E-state index in [0.29, 0.717) is 12.4 Å². The minimum Gasteiger partial charge on any atom is -0.491 e. The molecule has 30 heavy (non-hydrogen) atoms. The average Bonchev–Trinajstić information content (AvgIpc) is 2.77. The number of hydrogen-bond acceptors (Lipinski definition) is 5. The van der Waals surface area contributed by atoms with Gasteiger partial charge in [0.05, 0.1) is 6.61 Å². The Morgan fingerprint density at radius 1 is 0.833 bits per heavy atom. The Bertz CT molecular complexity index is 978. The molecule has 3 rings (SSSR count). The number of amides is 2. The molecule has 0 saturated carbocycles. The number of rotatable bonds is 9. The van der Waals surface area contributed by atoms with Crippen molar-refractivity contribution in [1.29, 1.82) is 0 Å². The molecule has 7 nitrogen and oxygen atoms in total. The molecule has 0 radical (unpaired) electrons. The third kappa shape index (κ3) is 6.49. The molecule has 2 N–H and O–H groups in total. The van der Waals surface area contributed by atoms with Crippen molar-refractivity contribution in [2.45, 2.75) is 13.0 Å². The molecular weight excluding hydrogens is 384 g/mol. The predicted octanol–water partition coefficient (Wildman–Crippen LogP) is 2.85. The smallest absolute Gasteiger partial charge is 0.279 e. The molecule has 0 aliphatic heterocycles. The molecular formula is C23H24N2O5. The first kappa shape index (κ1) is 21.1. The van der Waals surface area contributed by atoms with Crippen LogP contribution < -0.4 is 20.3 Å². The minimum atomic E-state index is -0.786. The van der Waals surface area contributed by atoms with Crippen molar-refractivity contribution in [2.24, 2.45) is 0 Å². The van der Waals surface area contributed by atoms with Gasteiger partial charge in [-0.2, -0.15) is 0 Å². The van der Waals surface area contributed by atoms with E-state index in [4.69, 9.17) is 14.2 Å². The highest BCUT2D eigenvalue weighted by atomic mass is 16.5. The van der Waals surface area contributed by atoms with E-state index < -0.39 is 17.9 Å². The predicted molar refractivity (Wildman–Crippen MR) is 113 cm³/mol. The molecule has 0 fully saturated rings. The number of hydrogen-bond donors (Lipinski definition) is 2. The molecule has 0 spiro atoms. The van der Waals surface area contributed by atoms with Crippen molar-refractivity contribution in [3.05, 3.63) is 72.8 Å². The number of hydrazine groups is 1. The van der Waals surface area contributed by atoms with Gasteiger partial charge in [-0.3, -0.25) is 20.4 Å². The maximum Gasteiger partial charge on any atom is 0.279 e. The topological polar surface area (TPSA) is 85.9 Å². The lowest BCUT2D eigenvalue weighted by Crippen LogP contribution is -2.48. The van der Waals surface area contributed by atoms with Gasteiger partial charge >= 0.3 is 0 Å². The highest BCUT2D eigenvalue weighted by Gasteiger charge is 2.15. The van der Waals surface area contributed by atoms with Crippen LogP contribution in [0.5, 0.6) is 11.5 Å². The molecule has 0 heterocycles. The molecule has 3 aromatic rings. The second-order valence-corrected chi connectivity index (χ2v) is 6.52. The van der Waals surface area contributed by atoms with E-state index >= 15 is 0 Å². The molecule has 2 amide bonds. The van der Waals surface area contributed by atoms with E-state index in [1.54, 1.807) is 13.0 Å². The Labute approximate surface area is 174 Å². The lowest BCUT2D eigenvalue weighted by molar-refractivity contribution is -0.134. The molecule has 3 aromatic carbocycles. The molecule has 156 valence electrons. The van der Waals surface area contributed by atoms with Crippen molar-refractivity contribution in [2.75, 3.05) is 19.8 Å². The Hall–Kier alpha value is -3.58.